The lowest BCUT2D eigenvalue weighted by Gasteiger charge is -2.27. The van der Waals surface area contributed by atoms with Crippen molar-refractivity contribution in [1.82, 2.24) is 9.80 Å². The second-order valence-electron chi connectivity index (χ2n) is 4.49. The zero-order valence-electron chi connectivity index (χ0n) is 11.4. The van der Waals surface area contributed by atoms with Gasteiger partial charge in [0.2, 0.25) is 5.91 Å². The van der Waals surface area contributed by atoms with Gasteiger partial charge in [-0.2, -0.15) is 0 Å². The van der Waals surface area contributed by atoms with Crippen molar-refractivity contribution in [2.45, 2.75) is 26.7 Å². The van der Waals surface area contributed by atoms with Crippen molar-refractivity contribution in [2.24, 2.45) is 11.7 Å². The summed E-state index contributed by atoms with van der Waals surface area (Å²) in [7, 11) is 4.00. The first-order valence-corrected chi connectivity index (χ1v) is 6.57. The van der Waals surface area contributed by atoms with Crippen molar-refractivity contribution in [3.8, 4) is 0 Å². The molecule has 2 N–H and O–H groups in total. The first-order valence-electron chi connectivity index (χ1n) is 6.16. The van der Waals surface area contributed by atoms with E-state index in [9.17, 15) is 4.79 Å². The van der Waals surface area contributed by atoms with E-state index in [1.54, 1.807) is 0 Å². The maximum absolute atomic E-state index is 12.3. The van der Waals surface area contributed by atoms with E-state index in [2.05, 4.69) is 11.8 Å². The Morgan fingerprint density at radius 1 is 1.24 bits per heavy atom. The number of hydrogen-bond acceptors (Lipinski definition) is 3. The SMILES string of the molecule is CCCN(CCN(C)C)C(=O)C(CC)C(N)=S. The molecular formula is C12H25N3OS. The lowest BCUT2D eigenvalue weighted by atomic mass is 10.0. The van der Waals surface area contributed by atoms with Gasteiger partial charge in [-0.05, 0) is 26.9 Å². The summed E-state index contributed by atoms with van der Waals surface area (Å²) >= 11 is 4.95. The largest absolute Gasteiger partial charge is 0.393 e. The van der Waals surface area contributed by atoms with Crippen LogP contribution in [0.25, 0.3) is 0 Å². The molecule has 0 rings (SSSR count). The van der Waals surface area contributed by atoms with E-state index < -0.39 is 0 Å². The Morgan fingerprint density at radius 2 is 1.82 bits per heavy atom. The fourth-order valence-corrected chi connectivity index (χ4v) is 1.91. The first-order chi connectivity index (χ1) is 7.93. The molecule has 1 unspecified atom stereocenters. The molecule has 0 saturated heterocycles. The van der Waals surface area contributed by atoms with Crippen molar-refractivity contribution in [3.05, 3.63) is 0 Å². The van der Waals surface area contributed by atoms with Gasteiger partial charge in [-0.25, -0.2) is 0 Å². The summed E-state index contributed by atoms with van der Waals surface area (Å²) in [5, 5.41) is 0. The monoisotopic (exact) mass is 259 g/mol. The average Bonchev–Trinajstić information content (AvgIpc) is 2.24. The summed E-state index contributed by atoms with van der Waals surface area (Å²) in [6, 6.07) is 0. The molecule has 1 atom stereocenters. The lowest BCUT2D eigenvalue weighted by Crippen LogP contribution is -2.44. The van der Waals surface area contributed by atoms with E-state index in [-0.39, 0.29) is 11.8 Å². The van der Waals surface area contributed by atoms with Crippen molar-refractivity contribution >= 4 is 23.1 Å². The molecule has 0 heterocycles. The van der Waals surface area contributed by atoms with E-state index in [1.807, 2.05) is 25.9 Å². The highest BCUT2D eigenvalue weighted by Crippen LogP contribution is 2.09. The van der Waals surface area contributed by atoms with Gasteiger partial charge in [0, 0.05) is 19.6 Å². The van der Waals surface area contributed by atoms with E-state index in [1.165, 1.54) is 0 Å². The molecular weight excluding hydrogens is 234 g/mol. The Kier molecular flexibility index (Phi) is 8.08. The predicted octanol–water partition coefficient (Wildman–Crippen LogP) is 1.10. The summed E-state index contributed by atoms with van der Waals surface area (Å²) < 4.78 is 0. The first kappa shape index (κ1) is 16.3. The van der Waals surface area contributed by atoms with Gasteiger partial charge in [0.25, 0.3) is 0 Å². The van der Waals surface area contributed by atoms with Crippen LogP contribution in [0, 0.1) is 5.92 Å². The van der Waals surface area contributed by atoms with Crippen LogP contribution in [0.3, 0.4) is 0 Å². The molecule has 0 aromatic carbocycles. The Bertz CT molecular complexity index is 256. The van der Waals surface area contributed by atoms with Crippen LogP contribution in [0.1, 0.15) is 26.7 Å². The molecule has 0 aliphatic heterocycles. The number of carbonyl (C=O) groups excluding carboxylic acids is 1. The molecule has 0 aromatic rings. The van der Waals surface area contributed by atoms with Crippen LogP contribution in [0.5, 0.6) is 0 Å². The standard InChI is InChI=1S/C12H25N3OS/c1-5-7-15(9-8-14(3)4)12(16)10(6-2)11(13)17/h10H,5-9H2,1-4H3,(H2,13,17). The molecule has 4 nitrogen and oxygen atoms in total. The van der Waals surface area contributed by atoms with Gasteiger partial charge >= 0.3 is 0 Å². The predicted molar refractivity (Wildman–Crippen MR) is 76.0 cm³/mol. The molecule has 1 amide bonds. The zero-order valence-corrected chi connectivity index (χ0v) is 12.2. The van der Waals surface area contributed by atoms with Gasteiger partial charge in [0.05, 0.1) is 10.9 Å². The number of thiocarbonyl (C=S) groups is 1. The Balaban J connectivity index is 4.56. The lowest BCUT2D eigenvalue weighted by molar-refractivity contribution is -0.133. The third-order valence-electron chi connectivity index (χ3n) is 2.67. The minimum atomic E-state index is -0.307. The fourth-order valence-electron chi connectivity index (χ4n) is 1.64. The number of likely N-dealkylation sites (N-methyl/N-ethyl adjacent to an activating group) is 1. The Labute approximate surface area is 110 Å². The molecule has 5 heteroatoms. The van der Waals surface area contributed by atoms with Gasteiger partial charge in [-0.3, -0.25) is 4.79 Å². The number of rotatable bonds is 8. The zero-order chi connectivity index (χ0) is 13.4. The van der Waals surface area contributed by atoms with E-state index in [0.717, 1.165) is 26.1 Å². The van der Waals surface area contributed by atoms with Crippen LogP contribution in [-0.2, 0) is 4.79 Å². The molecule has 0 bridgehead atoms. The molecule has 0 aliphatic carbocycles. The van der Waals surface area contributed by atoms with E-state index in [4.69, 9.17) is 18.0 Å². The Morgan fingerprint density at radius 3 is 2.18 bits per heavy atom. The fraction of sp³-hybridized carbons (Fsp3) is 0.833. The average molecular weight is 259 g/mol. The topological polar surface area (TPSA) is 49.6 Å². The number of nitrogens with zero attached hydrogens (tertiary/aromatic N) is 2. The summed E-state index contributed by atoms with van der Waals surface area (Å²) in [6.45, 7) is 6.37. The second kappa shape index (κ2) is 8.42. The normalized spacial score (nSPS) is 12.5. The summed E-state index contributed by atoms with van der Waals surface area (Å²) in [4.78, 5) is 16.5. The number of nitrogens with two attached hydrogens (primary N) is 1. The van der Waals surface area contributed by atoms with Crippen LogP contribution in [0.15, 0.2) is 0 Å². The summed E-state index contributed by atoms with van der Waals surface area (Å²) in [5.41, 5.74) is 5.61. The third-order valence-corrected chi connectivity index (χ3v) is 2.96. The van der Waals surface area contributed by atoms with Gasteiger partial charge in [0.1, 0.15) is 0 Å². The molecule has 100 valence electrons. The van der Waals surface area contributed by atoms with E-state index >= 15 is 0 Å². The highest BCUT2D eigenvalue weighted by atomic mass is 32.1. The quantitative estimate of drug-likeness (QED) is 0.663. The van der Waals surface area contributed by atoms with Crippen LogP contribution in [-0.4, -0.2) is 54.4 Å². The minimum Gasteiger partial charge on any atom is -0.393 e. The van der Waals surface area contributed by atoms with Crippen molar-refractivity contribution in [1.29, 1.82) is 0 Å². The van der Waals surface area contributed by atoms with E-state index in [0.29, 0.717) is 11.4 Å². The van der Waals surface area contributed by atoms with Crippen molar-refractivity contribution in [2.75, 3.05) is 33.7 Å². The highest BCUT2D eigenvalue weighted by Gasteiger charge is 2.24. The molecule has 0 saturated carbocycles. The third kappa shape index (κ3) is 5.98. The molecule has 17 heavy (non-hydrogen) atoms. The summed E-state index contributed by atoms with van der Waals surface area (Å²) in [6.07, 6.45) is 1.63. The smallest absolute Gasteiger partial charge is 0.232 e. The van der Waals surface area contributed by atoms with Gasteiger partial charge in [0.15, 0.2) is 0 Å². The molecule has 0 aromatic heterocycles. The second-order valence-corrected chi connectivity index (χ2v) is 4.96. The number of hydrogen-bond donors (Lipinski definition) is 1. The van der Waals surface area contributed by atoms with Crippen molar-refractivity contribution < 1.29 is 4.79 Å². The highest BCUT2D eigenvalue weighted by molar-refractivity contribution is 7.80. The van der Waals surface area contributed by atoms with Crippen LogP contribution in [0.2, 0.25) is 0 Å². The minimum absolute atomic E-state index is 0.0729. The molecule has 0 aliphatic rings. The van der Waals surface area contributed by atoms with Crippen molar-refractivity contribution in [3.63, 3.8) is 0 Å². The Hall–Kier alpha value is -0.680. The molecule has 0 radical (unpaired) electrons. The van der Waals surface area contributed by atoms with Gasteiger partial charge in [-0.1, -0.05) is 26.1 Å². The van der Waals surface area contributed by atoms with Gasteiger partial charge in [-0.15, -0.1) is 0 Å². The summed E-state index contributed by atoms with van der Waals surface area (Å²) in [5.74, 6) is -0.234. The number of amides is 1. The maximum Gasteiger partial charge on any atom is 0.232 e. The molecule has 0 spiro atoms. The van der Waals surface area contributed by atoms with Crippen LogP contribution >= 0.6 is 12.2 Å². The number of carbonyl (C=O) groups is 1. The maximum atomic E-state index is 12.3. The van der Waals surface area contributed by atoms with Crippen LogP contribution in [0.4, 0.5) is 0 Å². The van der Waals surface area contributed by atoms with Crippen LogP contribution < -0.4 is 5.73 Å². The molecule has 0 fully saturated rings. The van der Waals surface area contributed by atoms with Gasteiger partial charge < -0.3 is 15.5 Å².